The monoisotopic (exact) mass is 577 g/mol. The lowest BCUT2D eigenvalue weighted by Gasteiger charge is -2.23. The van der Waals surface area contributed by atoms with Gasteiger partial charge in [-0.05, 0) is 59.1 Å². The van der Waals surface area contributed by atoms with Gasteiger partial charge < -0.3 is 4.90 Å². The van der Waals surface area contributed by atoms with Gasteiger partial charge >= 0.3 is 5.69 Å². The molecule has 0 N–H and O–H groups in total. The summed E-state index contributed by atoms with van der Waals surface area (Å²) in [6, 6.07) is 12.3. The average molecular weight is 578 g/mol. The highest BCUT2D eigenvalue weighted by Crippen LogP contribution is 2.33. The van der Waals surface area contributed by atoms with Crippen LogP contribution in [-0.2, 0) is 11.3 Å². The fourth-order valence-electron chi connectivity index (χ4n) is 4.99. The minimum Gasteiger partial charge on any atom is -0.306 e. The fraction of sp³-hybridized carbons (Fsp3) is 0.276. The molecule has 0 bridgehead atoms. The van der Waals surface area contributed by atoms with Crippen LogP contribution in [0.5, 0.6) is 0 Å². The third-order valence-electron chi connectivity index (χ3n) is 7.14. The van der Waals surface area contributed by atoms with E-state index < -0.39 is 28.4 Å². The number of nitro groups is 1. The van der Waals surface area contributed by atoms with Crippen LogP contribution in [0.1, 0.15) is 64.8 Å². The smallest absolute Gasteiger partial charge is 0.300 e. The summed E-state index contributed by atoms with van der Waals surface area (Å²) in [5, 5.41) is 18.8. The van der Waals surface area contributed by atoms with Crippen molar-refractivity contribution in [1.29, 1.82) is 0 Å². The molecule has 0 atom stereocenters. The van der Waals surface area contributed by atoms with Crippen molar-refractivity contribution in [2.24, 2.45) is 0 Å². The van der Waals surface area contributed by atoms with Crippen molar-refractivity contribution in [2.45, 2.75) is 45.1 Å². The highest BCUT2D eigenvalue weighted by molar-refractivity contribution is 6.21. The third kappa shape index (κ3) is 5.71. The number of hydrogen-bond donors (Lipinski definition) is 0. The van der Waals surface area contributed by atoms with Crippen molar-refractivity contribution < 1.29 is 32.7 Å². The van der Waals surface area contributed by atoms with Gasteiger partial charge in [-0.25, -0.2) is 13.4 Å². The maximum atomic E-state index is 14.0. The van der Waals surface area contributed by atoms with E-state index in [0.717, 1.165) is 17.4 Å². The summed E-state index contributed by atoms with van der Waals surface area (Å²) in [4.78, 5) is 51.6. The molecular formula is C29H25F2N5O6. The van der Waals surface area contributed by atoms with Crippen molar-refractivity contribution in [3.05, 3.63) is 93.0 Å². The quantitative estimate of drug-likeness (QED) is 0.0920. The second-order valence-electron chi connectivity index (χ2n) is 9.87. The first-order chi connectivity index (χ1) is 20.3. The van der Waals surface area contributed by atoms with Crippen LogP contribution in [0.25, 0.3) is 11.0 Å². The summed E-state index contributed by atoms with van der Waals surface area (Å²) in [6.07, 6.45) is 3.34. The van der Waals surface area contributed by atoms with Crippen molar-refractivity contribution in [3.63, 3.8) is 0 Å². The summed E-state index contributed by atoms with van der Waals surface area (Å²) < 4.78 is 32.2. The van der Waals surface area contributed by atoms with Crippen LogP contribution in [0.3, 0.4) is 0 Å². The number of rotatable bonds is 12. The van der Waals surface area contributed by atoms with E-state index in [9.17, 15) is 33.3 Å². The van der Waals surface area contributed by atoms with Crippen molar-refractivity contribution in [2.75, 3.05) is 11.4 Å². The molecule has 11 nitrogen and oxygen atoms in total. The molecule has 0 saturated heterocycles. The molecule has 3 aromatic carbocycles. The molecule has 4 aromatic rings. The summed E-state index contributed by atoms with van der Waals surface area (Å²) in [5.41, 5.74) is 0.482. The van der Waals surface area contributed by atoms with E-state index in [-0.39, 0.29) is 59.0 Å². The number of benzene rings is 3. The lowest BCUT2D eigenvalue weighted by molar-refractivity contribution is -0.383. The fourth-order valence-corrected chi connectivity index (χ4v) is 4.99. The predicted molar refractivity (Wildman–Crippen MR) is 146 cm³/mol. The number of hydrogen-bond acceptors (Lipinski definition) is 8. The first-order valence-corrected chi connectivity index (χ1v) is 13.4. The van der Waals surface area contributed by atoms with Gasteiger partial charge in [0.1, 0.15) is 11.6 Å². The first-order valence-electron chi connectivity index (χ1n) is 13.4. The van der Waals surface area contributed by atoms with Crippen molar-refractivity contribution in [1.82, 2.24) is 15.2 Å². The summed E-state index contributed by atoms with van der Waals surface area (Å²) >= 11 is 0. The molecular weight excluding hydrogens is 552 g/mol. The molecule has 2 heterocycles. The number of imide groups is 1. The summed E-state index contributed by atoms with van der Waals surface area (Å²) in [6.45, 7) is 0.248. The normalized spacial score (nSPS) is 12.7. The number of nitrogens with zero attached hydrogens (tertiary/aromatic N) is 5. The number of nitro benzene ring substituents is 1. The van der Waals surface area contributed by atoms with Gasteiger partial charge in [0, 0.05) is 19.0 Å². The van der Waals surface area contributed by atoms with Gasteiger partial charge in [0.05, 0.1) is 28.3 Å². The maximum absolute atomic E-state index is 14.0. The van der Waals surface area contributed by atoms with E-state index in [0.29, 0.717) is 31.2 Å². The molecule has 0 unspecified atom stereocenters. The van der Waals surface area contributed by atoms with Gasteiger partial charge in [-0.3, -0.25) is 29.4 Å². The average Bonchev–Trinajstić information content (AvgIpc) is 3.55. The Hall–Kier alpha value is -5.07. The largest absolute Gasteiger partial charge is 0.306 e. The summed E-state index contributed by atoms with van der Waals surface area (Å²) in [7, 11) is 0. The summed E-state index contributed by atoms with van der Waals surface area (Å²) in [5.74, 6) is -2.52. The zero-order chi connectivity index (χ0) is 29.8. The second kappa shape index (κ2) is 12.2. The molecule has 0 fully saturated rings. The Bertz CT molecular complexity index is 1670. The van der Waals surface area contributed by atoms with Crippen LogP contribution in [0, 0.1) is 21.7 Å². The molecule has 3 amide bonds. The Morgan fingerprint density at radius 2 is 1.62 bits per heavy atom. The number of anilines is 1. The number of carbonyl (C=O) groups is 3. The molecule has 0 aliphatic carbocycles. The van der Waals surface area contributed by atoms with Gasteiger partial charge in [0.25, 0.3) is 11.8 Å². The molecule has 1 aliphatic rings. The predicted octanol–water partition coefficient (Wildman–Crippen LogP) is 5.58. The van der Waals surface area contributed by atoms with Crippen LogP contribution < -0.4 is 4.90 Å². The standard InChI is InChI=1S/C29H25F2N5O6/c30-19-12-10-18(11-13-19)17-35(22-14-15-23(36(40)41)27-26(22)32-42-33-27)24(37)9-4-2-1-3-5-16-34-28(38)20-7-6-8-21(31)25(20)29(34)39/h6-8,10-15H,1-5,9,16-17H2. The second-order valence-corrected chi connectivity index (χ2v) is 9.87. The Labute approximate surface area is 237 Å². The minimum atomic E-state index is -0.708. The number of halogens is 2. The zero-order valence-corrected chi connectivity index (χ0v) is 22.3. The molecule has 1 aliphatic heterocycles. The van der Waals surface area contributed by atoms with Gasteiger partial charge in [0.2, 0.25) is 11.4 Å². The molecule has 216 valence electrons. The molecule has 5 rings (SSSR count). The van der Waals surface area contributed by atoms with Crippen molar-refractivity contribution >= 4 is 40.1 Å². The van der Waals surface area contributed by atoms with Crippen molar-refractivity contribution in [3.8, 4) is 0 Å². The molecule has 42 heavy (non-hydrogen) atoms. The Kier molecular flexibility index (Phi) is 8.27. The van der Waals surface area contributed by atoms with Crippen LogP contribution in [0.2, 0.25) is 0 Å². The van der Waals surface area contributed by atoms with E-state index in [1.165, 1.54) is 41.3 Å². The van der Waals surface area contributed by atoms with Crippen LogP contribution >= 0.6 is 0 Å². The van der Waals surface area contributed by atoms with E-state index in [4.69, 9.17) is 4.63 Å². The Morgan fingerprint density at radius 1 is 0.905 bits per heavy atom. The van der Waals surface area contributed by atoms with Gasteiger partial charge in [-0.15, -0.1) is 0 Å². The number of amides is 3. The first kappa shape index (κ1) is 28.5. The van der Waals surface area contributed by atoms with E-state index in [1.807, 2.05) is 0 Å². The van der Waals surface area contributed by atoms with E-state index in [1.54, 1.807) is 12.1 Å². The lowest BCUT2D eigenvalue weighted by atomic mass is 10.1. The molecule has 0 spiro atoms. The number of unbranched alkanes of at least 4 members (excludes halogenated alkanes) is 4. The Balaban J connectivity index is 1.17. The molecule has 0 radical (unpaired) electrons. The van der Waals surface area contributed by atoms with Gasteiger partial charge in [-0.1, -0.05) is 37.5 Å². The lowest BCUT2D eigenvalue weighted by Crippen LogP contribution is -2.31. The van der Waals surface area contributed by atoms with Crippen LogP contribution in [0.4, 0.5) is 20.2 Å². The van der Waals surface area contributed by atoms with Gasteiger partial charge in [0.15, 0.2) is 5.52 Å². The van der Waals surface area contributed by atoms with E-state index in [2.05, 4.69) is 10.3 Å². The number of non-ortho nitro benzene ring substituents is 1. The molecule has 13 heteroatoms. The molecule has 1 aromatic heterocycles. The Morgan fingerprint density at radius 3 is 2.36 bits per heavy atom. The topological polar surface area (TPSA) is 140 Å². The number of aromatic nitrogens is 2. The molecule has 0 saturated carbocycles. The minimum absolute atomic E-state index is 0.0627. The maximum Gasteiger partial charge on any atom is 0.300 e. The third-order valence-corrected chi connectivity index (χ3v) is 7.14. The number of carbonyl (C=O) groups excluding carboxylic acids is 3. The SMILES string of the molecule is O=C1c2cccc(F)c2C(=O)N1CCCCCCCC(=O)N(Cc1ccc(F)cc1)c1ccc([N+](=O)[O-])c2nonc12. The number of fused-ring (bicyclic) bond motifs is 2. The van der Waals surface area contributed by atoms with Gasteiger partial charge in [-0.2, -0.15) is 0 Å². The highest BCUT2D eigenvalue weighted by atomic mass is 19.1. The van der Waals surface area contributed by atoms with Crippen LogP contribution in [0.15, 0.2) is 59.2 Å². The zero-order valence-electron chi connectivity index (χ0n) is 22.3. The highest BCUT2D eigenvalue weighted by Gasteiger charge is 2.37. The van der Waals surface area contributed by atoms with E-state index >= 15 is 0 Å². The van der Waals surface area contributed by atoms with Crippen LogP contribution in [-0.4, -0.2) is 44.4 Å².